The van der Waals surface area contributed by atoms with E-state index < -0.39 is 0 Å². The Balaban J connectivity index is 1.95. The number of nitrogens with one attached hydrogen (secondary N) is 1. The number of hydrogen-bond acceptors (Lipinski definition) is 3. The molecular weight excluding hydrogens is 250 g/mol. The van der Waals surface area contributed by atoms with Gasteiger partial charge in [-0.15, -0.1) is 0 Å². The first-order chi connectivity index (χ1) is 9.63. The van der Waals surface area contributed by atoms with Crippen molar-refractivity contribution in [3.63, 3.8) is 0 Å². The van der Waals surface area contributed by atoms with Crippen molar-refractivity contribution < 1.29 is 4.79 Å². The Hall–Kier alpha value is -1.39. The van der Waals surface area contributed by atoms with E-state index in [1.54, 1.807) is 0 Å². The number of rotatable bonds is 5. The highest BCUT2D eigenvalue weighted by atomic mass is 16.2. The highest BCUT2D eigenvalue weighted by molar-refractivity contribution is 5.93. The molecule has 4 heteroatoms. The summed E-state index contributed by atoms with van der Waals surface area (Å²) < 4.78 is 0. The van der Waals surface area contributed by atoms with E-state index in [0.29, 0.717) is 12.5 Å². The van der Waals surface area contributed by atoms with Crippen LogP contribution in [0.2, 0.25) is 0 Å². The largest absolute Gasteiger partial charge is 0.330 e. The molecule has 1 aromatic rings. The first-order valence-corrected chi connectivity index (χ1v) is 7.44. The molecule has 1 aliphatic rings. The molecule has 2 rings (SSSR count). The van der Waals surface area contributed by atoms with Crippen LogP contribution in [0, 0.1) is 12.8 Å². The summed E-state index contributed by atoms with van der Waals surface area (Å²) >= 11 is 0. The zero-order valence-electron chi connectivity index (χ0n) is 12.5. The molecule has 0 aromatic heterocycles. The lowest BCUT2D eigenvalue weighted by Crippen LogP contribution is -2.32. The number of anilines is 1. The summed E-state index contributed by atoms with van der Waals surface area (Å²) in [6, 6.07) is 6.15. The lowest BCUT2D eigenvalue weighted by Gasteiger charge is -2.17. The fourth-order valence-electron chi connectivity index (χ4n) is 2.83. The highest BCUT2D eigenvalue weighted by Gasteiger charge is 2.23. The molecule has 1 aromatic carbocycles. The van der Waals surface area contributed by atoms with Crippen molar-refractivity contribution in [3.05, 3.63) is 29.3 Å². The van der Waals surface area contributed by atoms with Crippen LogP contribution in [-0.2, 0) is 11.2 Å². The van der Waals surface area contributed by atoms with Crippen LogP contribution in [0.15, 0.2) is 18.2 Å². The zero-order valence-corrected chi connectivity index (χ0v) is 12.5. The number of carbonyl (C=O) groups excluding carboxylic acids is 1. The zero-order chi connectivity index (χ0) is 14.5. The molecule has 1 amide bonds. The smallest absolute Gasteiger partial charge is 0.238 e. The number of nitrogens with zero attached hydrogens (tertiary/aromatic N) is 1. The van der Waals surface area contributed by atoms with Gasteiger partial charge >= 0.3 is 0 Å². The maximum Gasteiger partial charge on any atom is 0.238 e. The van der Waals surface area contributed by atoms with Crippen molar-refractivity contribution in [2.45, 2.75) is 26.7 Å². The molecule has 1 saturated heterocycles. The van der Waals surface area contributed by atoms with E-state index in [2.05, 4.69) is 23.2 Å². The van der Waals surface area contributed by atoms with Crippen LogP contribution in [0.3, 0.4) is 0 Å². The number of benzene rings is 1. The van der Waals surface area contributed by atoms with E-state index in [1.807, 2.05) is 19.1 Å². The van der Waals surface area contributed by atoms with Gasteiger partial charge in [0.25, 0.3) is 0 Å². The van der Waals surface area contributed by atoms with Crippen molar-refractivity contribution in [2.75, 3.05) is 31.5 Å². The molecular formula is C16H25N3O. The minimum Gasteiger partial charge on any atom is -0.330 e. The summed E-state index contributed by atoms with van der Waals surface area (Å²) in [6.45, 7) is 7.25. The van der Waals surface area contributed by atoms with Crippen molar-refractivity contribution >= 4 is 11.6 Å². The summed E-state index contributed by atoms with van der Waals surface area (Å²) in [5.74, 6) is 0.624. The summed E-state index contributed by atoms with van der Waals surface area (Å²) in [4.78, 5) is 14.4. The van der Waals surface area contributed by atoms with Gasteiger partial charge in [0.2, 0.25) is 5.91 Å². The number of nitrogens with two attached hydrogens (primary N) is 1. The molecule has 4 nitrogen and oxygen atoms in total. The number of aryl methyl sites for hydroxylation is 2. The van der Waals surface area contributed by atoms with E-state index in [4.69, 9.17) is 5.73 Å². The van der Waals surface area contributed by atoms with Crippen LogP contribution in [0.5, 0.6) is 0 Å². The van der Waals surface area contributed by atoms with Gasteiger partial charge in [0.1, 0.15) is 0 Å². The Morgan fingerprint density at radius 1 is 1.50 bits per heavy atom. The van der Waals surface area contributed by atoms with Crippen molar-refractivity contribution in [1.82, 2.24) is 4.90 Å². The molecule has 0 aliphatic carbocycles. The number of para-hydroxylation sites is 1. The molecule has 0 saturated carbocycles. The van der Waals surface area contributed by atoms with Gasteiger partial charge in [-0.3, -0.25) is 9.69 Å². The van der Waals surface area contributed by atoms with E-state index in [0.717, 1.165) is 43.7 Å². The van der Waals surface area contributed by atoms with Crippen LogP contribution < -0.4 is 11.1 Å². The predicted octanol–water partition coefficient (Wildman–Crippen LogP) is 1.78. The number of hydrogen-bond donors (Lipinski definition) is 2. The third-order valence-corrected chi connectivity index (χ3v) is 4.07. The Morgan fingerprint density at radius 2 is 2.30 bits per heavy atom. The van der Waals surface area contributed by atoms with Gasteiger partial charge in [-0.2, -0.15) is 0 Å². The first kappa shape index (κ1) is 15.0. The van der Waals surface area contributed by atoms with Crippen molar-refractivity contribution in [1.29, 1.82) is 0 Å². The molecule has 1 unspecified atom stereocenters. The maximum absolute atomic E-state index is 12.2. The quantitative estimate of drug-likeness (QED) is 0.861. The molecule has 1 fully saturated rings. The lowest BCUT2D eigenvalue weighted by atomic mass is 10.1. The average Bonchev–Trinajstić information content (AvgIpc) is 2.88. The van der Waals surface area contributed by atoms with E-state index >= 15 is 0 Å². The average molecular weight is 275 g/mol. The number of carbonyl (C=O) groups is 1. The molecule has 0 spiro atoms. The van der Waals surface area contributed by atoms with Crippen LogP contribution in [-0.4, -0.2) is 37.0 Å². The van der Waals surface area contributed by atoms with E-state index in [9.17, 15) is 4.79 Å². The summed E-state index contributed by atoms with van der Waals surface area (Å²) in [7, 11) is 0. The number of amides is 1. The monoisotopic (exact) mass is 275 g/mol. The van der Waals surface area contributed by atoms with Crippen LogP contribution in [0.25, 0.3) is 0 Å². The minimum atomic E-state index is 0.0756. The Morgan fingerprint density at radius 3 is 2.95 bits per heavy atom. The van der Waals surface area contributed by atoms with Crippen LogP contribution >= 0.6 is 0 Å². The third kappa shape index (κ3) is 3.58. The number of likely N-dealkylation sites (tertiary alicyclic amines) is 1. The predicted molar refractivity (Wildman–Crippen MR) is 82.8 cm³/mol. The molecule has 110 valence electrons. The lowest BCUT2D eigenvalue weighted by molar-refractivity contribution is -0.117. The summed E-state index contributed by atoms with van der Waals surface area (Å²) in [5, 5.41) is 3.08. The Bertz CT molecular complexity index is 473. The molecule has 3 N–H and O–H groups in total. The summed E-state index contributed by atoms with van der Waals surface area (Å²) in [6.07, 6.45) is 2.03. The SMILES string of the molecule is CCc1cccc(C)c1NC(=O)CN1CCC(CN)C1. The molecule has 1 heterocycles. The molecule has 1 atom stereocenters. The molecule has 0 radical (unpaired) electrons. The normalized spacial score (nSPS) is 19.2. The Labute approximate surface area is 121 Å². The van der Waals surface area contributed by atoms with E-state index in [1.165, 1.54) is 5.56 Å². The molecule has 0 bridgehead atoms. The fraction of sp³-hybridized carbons (Fsp3) is 0.562. The van der Waals surface area contributed by atoms with Crippen molar-refractivity contribution in [3.8, 4) is 0 Å². The van der Waals surface area contributed by atoms with Crippen LogP contribution in [0.4, 0.5) is 5.69 Å². The van der Waals surface area contributed by atoms with Gasteiger partial charge in [-0.25, -0.2) is 0 Å². The fourth-order valence-corrected chi connectivity index (χ4v) is 2.83. The van der Waals surface area contributed by atoms with Crippen molar-refractivity contribution in [2.24, 2.45) is 11.7 Å². The van der Waals surface area contributed by atoms with Gasteiger partial charge in [0.15, 0.2) is 0 Å². The second-order valence-corrected chi connectivity index (χ2v) is 5.64. The maximum atomic E-state index is 12.2. The first-order valence-electron chi connectivity index (χ1n) is 7.44. The topological polar surface area (TPSA) is 58.4 Å². The highest BCUT2D eigenvalue weighted by Crippen LogP contribution is 2.21. The minimum absolute atomic E-state index is 0.0756. The molecule has 20 heavy (non-hydrogen) atoms. The second-order valence-electron chi connectivity index (χ2n) is 5.64. The van der Waals surface area contributed by atoms with Gasteiger partial charge in [0.05, 0.1) is 6.54 Å². The van der Waals surface area contributed by atoms with Gasteiger partial charge in [0, 0.05) is 12.2 Å². The summed E-state index contributed by atoms with van der Waals surface area (Å²) in [5.41, 5.74) is 8.98. The van der Waals surface area contributed by atoms with Gasteiger partial charge in [-0.1, -0.05) is 25.1 Å². The van der Waals surface area contributed by atoms with E-state index in [-0.39, 0.29) is 5.91 Å². The standard InChI is InChI=1S/C16H25N3O/c1-3-14-6-4-5-12(2)16(14)18-15(20)11-19-8-7-13(9-17)10-19/h4-6,13H,3,7-11,17H2,1-2H3,(H,18,20). The van der Waals surface area contributed by atoms with Gasteiger partial charge < -0.3 is 11.1 Å². The Kier molecular flexibility index (Phi) is 5.15. The third-order valence-electron chi connectivity index (χ3n) is 4.07. The van der Waals surface area contributed by atoms with Gasteiger partial charge in [-0.05, 0) is 49.9 Å². The van der Waals surface area contributed by atoms with Crippen LogP contribution in [0.1, 0.15) is 24.5 Å². The second kappa shape index (κ2) is 6.86. The molecule has 1 aliphatic heterocycles.